The van der Waals surface area contributed by atoms with Crippen molar-refractivity contribution in [3.63, 3.8) is 0 Å². The SMILES string of the molecule is CCCCCC(=O)n1c2ccsc2c2sccc21. The molecule has 0 aromatic carbocycles. The van der Waals surface area contributed by atoms with E-state index in [4.69, 9.17) is 0 Å². The molecule has 0 aliphatic carbocycles. The highest BCUT2D eigenvalue weighted by Gasteiger charge is 2.17. The summed E-state index contributed by atoms with van der Waals surface area (Å²) in [5, 5.41) is 4.14. The molecule has 0 bridgehead atoms. The Labute approximate surface area is 114 Å². The average molecular weight is 277 g/mol. The van der Waals surface area contributed by atoms with E-state index in [1.165, 1.54) is 9.40 Å². The second-order valence-electron chi connectivity index (χ2n) is 4.46. The summed E-state index contributed by atoms with van der Waals surface area (Å²) in [7, 11) is 0. The van der Waals surface area contributed by atoms with E-state index in [0.717, 1.165) is 30.3 Å². The molecule has 0 atom stereocenters. The Bertz CT molecular complexity index is 641. The number of thiophene rings is 2. The largest absolute Gasteiger partial charge is 0.278 e. The number of nitrogens with zero attached hydrogens (tertiary/aromatic N) is 1. The maximum Gasteiger partial charge on any atom is 0.231 e. The van der Waals surface area contributed by atoms with Gasteiger partial charge in [-0.2, -0.15) is 0 Å². The first kappa shape index (κ1) is 11.9. The third-order valence-corrected chi connectivity index (χ3v) is 5.19. The zero-order valence-corrected chi connectivity index (χ0v) is 11.9. The molecule has 0 fully saturated rings. The summed E-state index contributed by atoms with van der Waals surface area (Å²) < 4.78 is 4.42. The van der Waals surface area contributed by atoms with Crippen LogP contribution in [0.25, 0.3) is 20.4 Å². The van der Waals surface area contributed by atoms with E-state index in [1.54, 1.807) is 22.7 Å². The summed E-state index contributed by atoms with van der Waals surface area (Å²) in [6.45, 7) is 2.16. The smallest absolute Gasteiger partial charge is 0.231 e. The number of carbonyl (C=O) groups excluding carboxylic acids is 1. The Hall–Kier alpha value is -1.13. The molecule has 0 saturated heterocycles. The van der Waals surface area contributed by atoms with Crippen molar-refractivity contribution in [2.24, 2.45) is 0 Å². The van der Waals surface area contributed by atoms with Crippen LogP contribution >= 0.6 is 22.7 Å². The lowest BCUT2D eigenvalue weighted by atomic mass is 10.2. The molecule has 0 aliphatic rings. The predicted octanol–water partition coefficient (Wildman–Crippen LogP) is 5.14. The molecular formula is C14H15NOS2. The highest BCUT2D eigenvalue weighted by molar-refractivity contribution is 7.25. The van der Waals surface area contributed by atoms with Crippen LogP contribution in [-0.4, -0.2) is 10.5 Å². The summed E-state index contributed by atoms with van der Waals surface area (Å²) in [6, 6.07) is 4.12. The molecule has 4 heteroatoms. The zero-order valence-electron chi connectivity index (χ0n) is 10.3. The van der Waals surface area contributed by atoms with Crippen LogP contribution in [0, 0.1) is 0 Å². The van der Waals surface area contributed by atoms with Gasteiger partial charge < -0.3 is 0 Å². The monoisotopic (exact) mass is 277 g/mol. The van der Waals surface area contributed by atoms with Crippen molar-refractivity contribution in [3.05, 3.63) is 22.9 Å². The molecule has 0 saturated carbocycles. The van der Waals surface area contributed by atoms with Gasteiger partial charge in [-0.05, 0) is 29.3 Å². The molecule has 3 rings (SSSR count). The molecule has 0 amide bonds. The maximum atomic E-state index is 12.4. The standard InChI is InChI=1S/C14H15NOS2/c1-2-3-4-5-12(16)15-10-6-8-17-13(10)14-11(15)7-9-18-14/h6-9H,2-5H2,1H3. The van der Waals surface area contributed by atoms with Crippen LogP contribution in [0.4, 0.5) is 0 Å². The Balaban J connectivity index is 2.04. The van der Waals surface area contributed by atoms with Crippen LogP contribution in [0.15, 0.2) is 22.9 Å². The maximum absolute atomic E-state index is 12.4. The Morgan fingerprint density at radius 1 is 1.11 bits per heavy atom. The summed E-state index contributed by atoms with van der Waals surface area (Å²) in [5.41, 5.74) is 2.17. The molecule has 3 aromatic rings. The normalized spacial score (nSPS) is 11.6. The van der Waals surface area contributed by atoms with Crippen LogP contribution < -0.4 is 0 Å². The van der Waals surface area contributed by atoms with Crippen molar-refractivity contribution < 1.29 is 4.79 Å². The number of aromatic nitrogens is 1. The predicted molar refractivity (Wildman–Crippen MR) is 80.0 cm³/mol. The first-order valence-electron chi connectivity index (χ1n) is 6.31. The van der Waals surface area contributed by atoms with Gasteiger partial charge in [-0.1, -0.05) is 19.8 Å². The summed E-state index contributed by atoms with van der Waals surface area (Å²) in [5.74, 6) is 0.236. The van der Waals surface area contributed by atoms with Crippen LogP contribution in [-0.2, 0) is 0 Å². The van der Waals surface area contributed by atoms with E-state index in [1.807, 2.05) is 4.57 Å². The van der Waals surface area contributed by atoms with Crippen molar-refractivity contribution in [2.75, 3.05) is 0 Å². The summed E-state index contributed by atoms with van der Waals surface area (Å²) >= 11 is 3.45. The van der Waals surface area contributed by atoms with Crippen LogP contribution in [0.3, 0.4) is 0 Å². The van der Waals surface area contributed by atoms with Crippen molar-refractivity contribution in [1.29, 1.82) is 0 Å². The fourth-order valence-electron chi connectivity index (χ4n) is 2.33. The first-order chi connectivity index (χ1) is 8.83. The molecule has 0 aliphatic heterocycles. The Morgan fingerprint density at radius 2 is 1.72 bits per heavy atom. The number of unbranched alkanes of at least 4 members (excludes halogenated alkanes) is 2. The molecule has 3 heterocycles. The minimum Gasteiger partial charge on any atom is -0.278 e. The van der Waals surface area contributed by atoms with Gasteiger partial charge in [0, 0.05) is 6.42 Å². The average Bonchev–Trinajstić information content (AvgIpc) is 3.00. The summed E-state index contributed by atoms with van der Waals surface area (Å²) in [4.78, 5) is 12.4. The third-order valence-electron chi connectivity index (χ3n) is 3.22. The van der Waals surface area contributed by atoms with Gasteiger partial charge in [0.15, 0.2) is 0 Å². The quantitative estimate of drug-likeness (QED) is 0.605. The molecule has 3 aromatic heterocycles. The van der Waals surface area contributed by atoms with Crippen molar-refractivity contribution in [1.82, 2.24) is 4.57 Å². The van der Waals surface area contributed by atoms with Crippen molar-refractivity contribution >= 4 is 49.0 Å². The Kier molecular flexibility index (Phi) is 3.22. The summed E-state index contributed by atoms with van der Waals surface area (Å²) in [6.07, 6.45) is 3.93. The minimum absolute atomic E-state index is 0.236. The molecule has 0 N–H and O–H groups in total. The number of rotatable bonds is 4. The van der Waals surface area contributed by atoms with Crippen molar-refractivity contribution in [2.45, 2.75) is 32.6 Å². The number of carbonyl (C=O) groups is 1. The van der Waals surface area contributed by atoms with Crippen molar-refractivity contribution in [3.8, 4) is 0 Å². The lowest BCUT2D eigenvalue weighted by Crippen LogP contribution is -2.09. The van der Waals surface area contributed by atoms with Gasteiger partial charge in [0.2, 0.25) is 5.91 Å². The van der Waals surface area contributed by atoms with Crippen LogP contribution in [0.5, 0.6) is 0 Å². The van der Waals surface area contributed by atoms with E-state index in [9.17, 15) is 4.79 Å². The van der Waals surface area contributed by atoms with Gasteiger partial charge in [-0.15, -0.1) is 22.7 Å². The van der Waals surface area contributed by atoms with E-state index in [-0.39, 0.29) is 5.91 Å². The molecular weight excluding hydrogens is 262 g/mol. The number of hydrogen-bond acceptors (Lipinski definition) is 3. The van der Waals surface area contributed by atoms with Gasteiger partial charge in [0.1, 0.15) is 0 Å². The fraction of sp³-hybridized carbons (Fsp3) is 0.357. The molecule has 94 valence electrons. The second-order valence-corrected chi connectivity index (χ2v) is 6.29. The lowest BCUT2D eigenvalue weighted by Gasteiger charge is -2.03. The van der Waals surface area contributed by atoms with Gasteiger partial charge in [-0.25, -0.2) is 0 Å². The third kappa shape index (κ3) is 1.80. The van der Waals surface area contributed by atoms with Gasteiger partial charge >= 0.3 is 0 Å². The Morgan fingerprint density at radius 3 is 2.28 bits per heavy atom. The zero-order chi connectivity index (χ0) is 12.5. The molecule has 18 heavy (non-hydrogen) atoms. The molecule has 0 unspecified atom stereocenters. The second kappa shape index (κ2) is 4.86. The van der Waals surface area contributed by atoms with E-state index >= 15 is 0 Å². The van der Waals surface area contributed by atoms with Gasteiger partial charge in [-0.3, -0.25) is 9.36 Å². The van der Waals surface area contributed by atoms with Gasteiger partial charge in [0.05, 0.1) is 20.4 Å². The van der Waals surface area contributed by atoms with Crippen LogP contribution in [0.1, 0.15) is 37.4 Å². The van der Waals surface area contributed by atoms with E-state index < -0.39 is 0 Å². The molecule has 2 nitrogen and oxygen atoms in total. The van der Waals surface area contributed by atoms with E-state index in [2.05, 4.69) is 29.8 Å². The highest BCUT2D eigenvalue weighted by atomic mass is 32.1. The first-order valence-corrected chi connectivity index (χ1v) is 8.07. The topological polar surface area (TPSA) is 22.0 Å². The highest BCUT2D eigenvalue weighted by Crippen LogP contribution is 2.36. The number of hydrogen-bond donors (Lipinski definition) is 0. The molecule has 0 spiro atoms. The van der Waals surface area contributed by atoms with Gasteiger partial charge in [0.25, 0.3) is 0 Å². The molecule has 0 radical (unpaired) electrons. The fourth-order valence-corrected chi connectivity index (χ4v) is 4.27. The van der Waals surface area contributed by atoms with E-state index in [0.29, 0.717) is 6.42 Å². The lowest BCUT2D eigenvalue weighted by molar-refractivity contribution is 0.0909. The number of fused-ring (bicyclic) bond motifs is 3. The van der Waals surface area contributed by atoms with Crippen LogP contribution in [0.2, 0.25) is 0 Å². The minimum atomic E-state index is 0.236.